The van der Waals surface area contributed by atoms with Gasteiger partial charge in [0.05, 0.1) is 0 Å². The van der Waals surface area contributed by atoms with Crippen molar-refractivity contribution in [2.45, 2.75) is 76.3 Å². The summed E-state index contributed by atoms with van der Waals surface area (Å²) in [6, 6.07) is 8.57. The van der Waals surface area contributed by atoms with Crippen molar-refractivity contribution in [3.05, 3.63) is 35.9 Å². The first-order valence-electron chi connectivity index (χ1n) is 12.3. The van der Waals surface area contributed by atoms with Gasteiger partial charge in [-0.1, -0.05) is 36.8 Å². The van der Waals surface area contributed by atoms with Gasteiger partial charge in [-0.3, -0.25) is 14.3 Å². The maximum absolute atomic E-state index is 12.5. The van der Waals surface area contributed by atoms with E-state index in [-0.39, 0.29) is 13.2 Å². The van der Waals surface area contributed by atoms with E-state index in [1.165, 1.54) is 4.90 Å². The van der Waals surface area contributed by atoms with E-state index in [1.807, 2.05) is 30.3 Å². The normalized spacial score (nSPS) is 18.6. The highest BCUT2D eigenvalue weighted by molar-refractivity contribution is 7.39. The van der Waals surface area contributed by atoms with E-state index < -0.39 is 38.5 Å². The Morgan fingerprint density at radius 3 is 2.63 bits per heavy atom. The molecule has 4 atom stereocenters. The third-order valence-corrected chi connectivity index (χ3v) is 7.30. The molecule has 0 saturated carbocycles. The smallest absolute Gasteiger partial charge is 0.407 e. The van der Waals surface area contributed by atoms with Gasteiger partial charge in [-0.25, -0.2) is 4.79 Å². The fourth-order valence-electron chi connectivity index (χ4n) is 4.07. The van der Waals surface area contributed by atoms with Crippen molar-refractivity contribution >= 4 is 20.1 Å². The van der Waals surface area contributed by atoms with E-state index in [1.54, 1.807) is 0 Å². The summed E-state index contributed by atoms with van der Waals surface area (Å²) in [6.45, 7) is 1.07. The van der Waals surface area contributed by atoms with Crippen LogP contribution >= 0.6 is 8.03 Å². The second-order valence-electron chi connectivity index (χ2n) is 8.69. The molecule has 4 N–H and O–H groups in total. The first-order chi connectivity index (χ1) is 16.9. The summed E-state index contributed by atoms with van der Waals surface area (Å²) in [5.41, 5.74) is 0.893. The van der Waals surface area contributed by atoms with Crippen LogP contribution in [0.25, 0.3) is 0 Å². The van der Waals surface area contributed by atoms with E-state index in [9.17, 15) is 24.4 Å². The van der Waals surface area contributed by atoms with Crippen LogP contribution in [0.1, 0.15) is 56.9 Å². The highest BCUT2D eigenvalue weighted by atomic mass is 31.1. The number of alkyl carbamates (subject to hydrolysis) is 1. The number of carbonyl (C=O) groups excluding carboxylic acids is 1. The van der Waals surface area contributed by atoms with Gasteiger partial charge in [0.1, 0.15) is 25.0 Å². The fraction of sp³-hybridized carbons (Fsp3) is 0.667. The molecule has 1 heterocycles. The number of carboxylic acids is 1. The molecule has 1 fully saturated rings. The van der Waals surface area contributed by atoms with Crippen molar-refractivity contribution in [1.29, 1.82) is 0 Å². The molecule has 0 bridgehead atoms. The Labute approximate surface area is 207 Å². The Bertz CT molecular complexity index is 782. The number of aliphatic carboxylic acids is 1. The quantitative estimate of drug-likeness (QED) is 0.182. The average molecular weight is 515 g/mol. The molecule has 35 heavy (non-hydrogen) atoms. The Balaban J connectivity index is 1.79. The second-order valence-corrected chi connectivity index (χ2v) is 10.2. The summed E-state index contributed by atoms with van der Waals surface area (Å²) in [5, 5.41) is 31.9. The van der Waals surface area contributed by atoms with Gasteiger partial charge in [-0.15, -0.1) is 0 Å². The molecule has 1 aliphatic heterocycles. The molecule has 0 spiro atoms. The maximum atomic E-state index is 12.5. The van der Waals surface area contributed by atoms with Gasteiger partial charge in [-0.2, -0.15) is 0 Å². The molecule has 2 unspecified atom stereocenters. The third kappa shape index (κ3) is 11.1. The fourth-order valence-corrected chi connectivity index (χ4v) is 5.31. The molecule has 1 saturated heterocycles. The summed E-state index contributed by atoms with van der Waals surface area (Å²) in [5.74, 6) is -0.991. The van der Waals surface area contributed by atoms with Gasteiger partial charge in [-0.05, 0) is 50.5 Å². The van der Waals surface area contributed by atoms with Crippen molar-refractivity contribution in [2.75, 3.05) is 25.9 Å². The molecule has 1 aromatic rings. The molecule has 0 aromatic heterocycles. The SMILES string of the molecule is O=C(NCCCC[C@H](O[PH](=O)CCCCCO)C(O)N1CCC[C@H]1C(=O)O)OCc1ccccc1. The van der Waals surface area contributed by atoms with Crippen molar-refractivity contribution in [1.82, 2.24) is 10.2 Å². The van der Waals surface area contributed by atoms with Gasteiger partial charge in [0.15, 0.2) is 8.03 Å². The van der Waals surface area contributed by atoms with E-state index in [0.717, 1.165) is 12.0 Å². The Morgan fingerprint density at radius 1 is 1.14 bits per heavy atom. The maximum Gasteiger partial charge on any atom is 0.407 e. The average Bonchev–Trinajstić information content (AvgIpc) is 3.35. The first kappa shape index (κ1) is 29.3. The number of ether oxygens (including phenoxy) is 1. The third-order valence-electron chi connectivity index (χ3n) is 5.97. The number of rotatable bonds is 17. The van der Waals surface area contributed by atoms with Crippen molar-refractivity contribution in [3.63, 3.8) is 0 Å². The van der Waals surface area contributed by atoms with Crippen LogP contribution < -0.4 is 5.32 Å². The minimum Gasteiger partial charge on any atom is -0.480 e. The predicted octanol–water partition coefficient (Wildman–Crippen LogP) is 2.97. The number of benzene rings is 1. The molecular weight excluding hydrogens is 475 g/mol. The number of unbranched alkanes of at least 4 members (excludes halogenated alkanes) is 3. The van der Waals surface area contributed by atoms with Crippen molar-refractivity contribution in [3.8, 4) is 0 Å². The Kier molecular flexibility index (Phi) is 13.9. The van der Waals surface area contributed by atoms with Crippen LogP contribution in [0.5, 0.6) is 0 Å². The van der Waals surface area contributed by atoms with E-state index in [0.29, 0.717) is 64.2 Å². The van der Waals surface area contributed by atoms with Crippen LogP contribution in [0.2, 0.25) is 0 Å². The highest BCUT2D eigenvalue weighted by Gasteiger charge is 2.38. The van der Waals surface area contributed by atoms with Crippen molar-refractivity contribution in [2.24, 2.45) is 0 Å². The number of carbonyl (C=O) groups is 2. The number of nitrogens with one attached hydrogen (secondary N) is 1. The number of likely N-dealkylation sites (tertiary alicyclic amines) is 1. The van der Waals surface area contributed by atoms with Crippen LogP contribution in [0.3, 0.4) is 0 Å². The summed E-state index contributed by atoms with van der Waals surface area (Å²) in [6.07, 6.45) is 2.54. The molecular formula is C24H39N2O8P. The van der Waals surface area contributed by atoms with Crippen LogP contribution in [0.4, 0.5) is 4.79 Å². The second kappa shape index (κ2) is 16.7. The van der Waals surface area contributed by atoms with E-state index in [2.05, 4.69) is 5.32 Å². The zero-order valence-electron chi connectivity index (χ0n) is 20.1. The first-order valence-corrected chi connectivity index (χ1v) is 13.9. The number of amides is 1. The van der Waals surface area contributed by atoms with Gasteiger partial charge in [0.2, 0.25) is 0 Å². The standard InChI is InChI=1S/C24H39N2O8P/c27-16-7-2-8-17-35(32)34-21(22(28)26-15-9-12-20(26)23(29)30)13-5-6-14-25-24(31)33-18-19-10-3-1-4-11-19/h1,3-4,10-11,20-22,27-28,35H,2,5-9,12-18H2,(H,25,31)(H,29,30)/t20-,21-,22?/m0/s1. The molecule has 198 valence electrons. The summed E-state index contributed by atoms with van der Waals surface area (Å²) >= 11 is 0. The summed E-state index contributed by atoms with van der Waals surface area (Å²) < 4.78 is 23.4. The Hall–Kier alpha value is -1.97. The van der Waals surface area contributed by atoms with Crippen LogP contribution in [-0.4, -0.2) is 76.5 Å². The monoisotopic (exact) mass is 514 g/mol. The number of aliphatic hydroxyl groups excluding tert-OH is 2. The van der Waals surface area contributed by atoms with Crippen molar-refractivity contribution < 1.29 is 38.7 Å². The van der Waals surface area contributed by atoms with Crippen LogP contribution in [0, 0.1) is 0 Å². The minimum atomic E-state index is -2.42. The molecule has 2 rings (SSSR count). The molecule has 1 aliphatic rings. The lowest BCUT2D eigenvalue weighted by Gasteiger charge is -2.32. The van der Waals surface area contributed by atoms with Gasteiger partial charge in [0, 0.05) is 25.9 Å². The number of hydrogen-bond acceptors (Lipinski definition) is 8. The molecule has 10 nitrogen and oxygen atoms in total. The lowest BCUT2D eigenvalue weighted by Crippen LogP contribution is -2.49. The summed E-state index contributed by atoms with van der Waals surface area (Å²) in [7, 11) is -2.42. The van der Waals surface area contributed by atoms with Gasteiger partial charge in [0.25, 0.3) is 0 Å². The largest absolute Gasteiger partial charge is 0.480 e. The lowest BCUT2D eigenvalue weighted by molar-refractivity contribution is -0.150. The minimum absolute atomic E-state index is 0.0858. The summed E-state index contributed by atoms with van der Waals surface area (Å²) in [4.78, 5) is 24.9. The van der Waals surface area contributed by atoms with Crippen LogP contribution in [-0.2, 0) is 25.2 Å². The van der Waals surface area contributed by atoms with Crippen LogP contribution in [0.15, 0.2) is 30.3 Å². The molecule has 1 amide bonds. The van der Waals surface area contributed by atoms with Gasteiger partial charge >= 0.3 is 12.1 Å². The molecule has 11 heteroatoms. The number of nitrogens with zero attached hydrogens (tertiary/aromatic N) is 1. The molecule has 0 aliphatic carbocycles. The molecule has 0 radical (unpaired) electrons. The topological polar surface area (TPSA) is 146 Å². The number of hydrogen-bond donors (Lipinski definition) is 4. The Morgan fingerprint density at radius 2 is 1.91 bits per heavy atom. The zero-order valence-corrected chi connectivity index (χ0v) is 21.1. The highest BCUT2D eigenvalue weighted by Crippen LogP contribution is 2.32. The number of aliphatic hydroxyl groups is 2. The lowest BCUT2D eigenvalue weighted by atomic mass is 10.1. The van der Waals surface area contributed by atoms with E-state index in [4.69, 9.17) is 14.4 Å². The predicted molar refractivity (Wildman–Crippen MR) is 132 cm³/mol. The van der Waals surface area contributed by atoms with E-state index >= 15 is 0 Å². The number of carboxylic acid groups (broad SMARTS) is 1. The molecule has 1 aromatic carbocycles. The van der Waals surface area contributed by atoms with Gasteiger partial charge < -0.3 is 29.9 Å². The zero-order chi connectivity index (χ0) is 25.5.